The van der Waals surface area contributed by atoms with E-state index in [9.17, 15) is 22.4 Å². The summed E-state index contributed by atoms with van der Waals surface area (Å²) in [7, 11) is 0. The van der Waals surface area contributed by atoms with Gasteiger partial charge in [-0.15, -0.1) is 0 Å². The van der Waals surface area contributed by atoms with Crippen molar-refractivity contribution < 1.29 is 27.5 Å². The van der Waals surface area contributed by atoms with E-state index >= 15 is 0 Å². The van der Waals surface area contributed by atoms with E-state index in [4.69, 9.17) is 5.11 Å². The summed E-state index contributed by atoms with van der Waals surface area (Å²) in [6.45, 7) is 0. The number of hydrogen-bond donors (Lipinski definition) is 1. The molecule has 0 saturated carbocycles. The number of carboxylic acid groups (broad SMARTS) is 1. The zero-order chi connectivity index (χ0) is 14.9. The minimum Gasteiger partial charge on any atom is -0.477 e. The van der Waals surface area contributed by atoms with Gasteiger partial charge < -0.3 is 5.11 Å². The van der Waals surface area contributed by atoms with E-state index in [0.717, 1.165) is 12.3 Å². The molecule has 0 bridgehead atoms. The highest BCUT2D eigenvalue weighted by Gasteiger charge is 2.34. The summed E-state index contributed by atoms with van der Waals surface area (Å²) >= 11 is 0. The van der Waals surface area contributed by atoms with Gasteiger partial charge in [0.1, 0.15) is 5.82 Å². The van der Waals surface area contributed by atoms with Crippen LogP contribution in [0.25, 0.3) is 11.4 Å². The van der Waals surface area contributed by atoms with Crippen LogP contribution in [-0.4, -0.2) is 21.0 Å². The summed E-state index contributed by atoms with van der Waals surface area (Å²) < 4.78 is 51.6. The quantitative estimate of drug-likeness (QED) is 0.862. The third kappa shape index (κ3) is 2.73. The highest BCUT2D eigenvalue weighted by molar-refractivity contribution is 5.85. The van der Waals surface area contributed by atoms with Crippen LogP contribution in [0.3, 0.4) is 0 Å². The third-order valence-corrected chi connectivity index (χ3v) is 2.40. The van der Waals surface area contributed by atoms with Gasteiger partial charge in [0.2, 0.25) is 0 Å². The summed E-state index contributed by atoms with van der Waals surface area (Å²) in [4.78, 5) is 17.8. The molecule has 0 spiro atoms. The van der Waals surface area contributed by atoms with E-state index in [-0.39, 0.29) is 0 Å². The lowest BCUT2D eigenvalue weighted by atomic mass is 10.1. The van der Waals surface area contributed by atoms with Gasteiger partial charge in [-0.25, -0.2) is 19.2 Å². The number of alkyl halides is 3. The zero-order valence-electron chi connectivity index (χ0n) is 9.65. The molecule has 2 rings (SSSR count). The van der Waals surface area contributed by atoms with E-state index in [1.807, 2.05) is 0 Å². The number of rotatable bonds is 2. The Morgan fingerprint density at radius 3 is 2.50 bits per heavy atom. The normalized spacial score (nSPS) is 11.4. The number of aromatic nitrogens is 2. The number of carboxylic acids is 1. The molecule has 104 valence electrons. The van der Waals surface area contributed by atoms with E-state index in [0.29, 0.717) is 18.2 Å². The van der Waals surface area contributed by atoms with Crippen molar-refractivity contribution in [3.63, 3.8) is 0 Å². The molecular weight excluding hydrogens is 280 g/mol. The highest BCUT2D eigenvalue weighted by atomic mass is 19.4. The lowest BCUT2D eigenvalue weighted by Gasteiger charge is -2.12. The summed E-state index contributed by atoms with van der Waals surface area (Å²) in [5.41, 5.74) is -2.23. The van der Waals surface area contributed by atoms with Crippen LogP contribution in [0.4, 0.5) is 17.6 Å². The largest absolute Gasteiger partial charge is 0.477 e. The fourth-order valence-corrected chi connectivity index (χ4v) is 1.56. The maximum Gasteiger partial charge on any atom is 0.417 e. The predicted octanol–water partition coefficient (Wildman–Crippen LogP) is 3.00. The molecule has 1 aromatic heterocycles. The molecule has 0 aliphatic rings. The summed E-state index contributed by atoms with van der Waals surface area (Å²) in [6.07, 6.45) is -3.73. The Morgan fingerprint density at radius 1 is 1.20 bits per heavy atom. The topological polar surface area (TPSA) is 63.1 Å². The number of hydrogen-bond acceptors (Lipinski definition) is 3. The molecule has 0 atom stereocenters. The van der Waals surface area contributed by atoms with Crippen LogP contribution in [0.1, 0.15) is 16.1 Å². The average Bonchev–Trinajstić information content (AvgIpc) is 2.37. The molecule has 1 N–H and O–H groups in total. The van der Waals surface area contributed by atoms with Gasteiger partial charge in [-0.3, -0.25) is 0 Å². The van der Waals surface area contributed by atoms with Gasteiger partial charge in [0.15, 0.2) is 11.5 Å². The Bertz CT molecular complexity index is 671. The zero-order valence-corrected chi connectivity index (χ0v) is 9.65. The van der Waals surface area contributed by atoms with E-state index in [2.05, 4.69) is 9.97 Å². The van der Waals surface area contributed by atoms with Gasteiger partial charge in [0.25, 0.3) is 0 Å². The smallest absolute Gasteiger partial charge is 0.417 e. The van der Waals surface area contributed by atoms with Crippen molar-refractivity contribution in [2.45, 2.75) is 6.18 Å². The van der Waals surface area contributed by atoms with Gasteiger partial charge in [0.05, 0.1) is 5.56 Å². The van der Waals surface area contributed by atoms with Crippen molar-refractivity contribution in [2.75, 3.05) is 0 Å². The molecule has 0 amide bonds. The summed E-state index contributed by atoms with van der Waals surface area (Å²) in [5, 5.41) is 8.75. The van der Waals surface area contributed by atoms with E-state index in [1.54, 1.807) is 0 Å². The minimum absolute atomic E-state index is 0.479. The molecule has 0 radical (unpaired) electrons. The number of nitrogens with zero attached hydrogens (tertiary/aromatic N) is 2. The molecule has 0 saturated heterocycles. The standard InChI is InChI=1S/C12H6F4N2O2/c13-6-1-2-8(12(14,15)16)7(5-6)10-17-4-3-9(18-10)11(19)20/h1-5H,(H,19,20). The van der Waals surface area contributed by atoms with Gasteiger partial charge in [0, 0.05) is 11.8 Å². The summed E-state index contributed by atoms with van der Waals surface area (Å²) in [5.74, 6) is -2.83. The number of aromatic carboxylic acids is 1. The Balaban J connectivity index is 2.65. The second-order valence-corrected chi connectivity index (χ2v) is 3.76. The molecule has 0 fully saturated rings. The van der Waals surface area contributed by atoms with Crippen LogP contribution >= 0.6 is 0 Å². The van der Waals surface area contributed by atoms with Crippen molar-refractivity contribution in [1.29, 1.82) is 0 Å². The first-order valence-corrected chi connectivity index (χ1v) is 5.22. The average molecular weight is 286 g/mol. The lowest BCUT2D eigenvalue weighted by molar-refractivity contribution is -0.137. The SMILES string of the molecule is O=C(O)c1ccnc(-c2cc(F)ccc2C(F)(F)F)n1. The van der Waals surface area contributed by atoms with Gasteiger partial charge in [-0.05, 0) is 24.3 Å². The molecule has 2 aromatic rings. The monoisotopic (exact) mass is 286 g/mol. The van der Waals surface area contributed by atoms with Crippen molar-refractivity contribution in [1.82, 2.24) is 9.97 Å². The van der Waals surface area contributed by atoms with Crippen molar-refractivity contribution in [3.8, 4) is 11.4 Å². The third-order valence-electron chi connectivity index (χ3n) is 2.40. The Hall–Kier alpha value is -2.51. The second-order valence-electron chi connectivity index (χ2n) is 3.76. The Morgan fingerprint density at radius 2 is 1.90 bits per heavy atom. The molecule has 1 aromatic carbocycles. The summed E-state index contributed by atoms with van der Waals surface area (Å²) in [6, 6.07) is 2.86. The Kier molecular flexibility index (Phi) is 3.39. The Labute approximate surface area is 109 Å². The highest BCUT2D eigenvalue weighted by Crippen LogP contribution is 2.36. The van der Waals surface area contributed by atoms with Crippen molar-refractivity contribution in [3.05, 3.63) is 47.5 Å². The van der Waals surface area contributed by atoms with Gasteiger partial charge in [-0.1, -0.05) is 0 Å². The molecular formula is C12H6F4N2O2. The molecule has 1 heterocycles. The molecule has 20 heavy (non-hydrogen) atoms. The molecule has 8 heteroatoms. The molecule has 4 nitrogen and oxygen atoms in total. The van der Waals surface area contributed by atoms with Crippen LogP contribution in [0.5, 0.6) is 0 Å². The van der Waals surface area contributed by atoms with Gasteiger partial charge in [-0.2, -0.15) is 13.2 Å². The maximum atomic E-state index is 13.1. The number of carbonyl (C=O) groups is 1. The van der Waals surface area contributed by atoms with Gasteiger partial charge >= 0.3 is 12.1 Å². The first-order chi connectivity index (χ1) is 9.29. The van der Waals surface area contributed by atoms with Crippen LogP contribution in [0.15, 0.2) is 30.5 Å². The first kappa shape index (κ1) is 13.9. The van der Waals surface area contributed by atoms with Crippen LogP contribution in [0, 0.1) is 5.82 Å². The van der Waals surface area contributed by atoms with Crippen LogP contribution in [0.2, 0.25) is 0 Å². The number of benzene rings is 1. The first-order valence-electron chi connectivity index (χ1n) is 5.22. The van der Waals surface area contributed by atoms with Crippen molar-refractivity contribution in [2.24, 2.45) is 0 Å². The lowest BCUT2D eigenvalue weighted by Crippen LogP contribution is -2.10. The number of halogens is 4. The predicted molar refractivity (Wildman–Crippen MR) is 59.4 cm³/mol. The van der Waals surface area contributed by atoms with E-state index < -0.39 is 40.6 Å². The van der Waals surface area contributed by atoms with Crippen LogP contribution in [-0.2, 0) is 6.18 Å². The fraction of sp³-hybridized carbons (Fsp3) is 0.0833. The minimum atomic E-state index is -4.73. The second kappa shape index (κ2) is 4.87. The van der Waals surface area contributed by atoms with E-state index in [1.165, 1.54) is 0 Å². The molecule has 0 aliphatic carbocycles. The molecule has 0 aliphatic heterocycles. The van der Waals surface area contributed by atoms with Crippen molar-refractivity contribution >= 4 is 5.97 Å². The molecule has 0 unspecified atom stereocenters. The van der Waals surface area contributed by atoms with Crippen LogP contribution < -0.4 is 0 Å². The fourth-order valence-electron chi connectivity index (χ4n) is 1.56. The maximum absolute atomic E-state index is 13.1.